The second-order valence-corrected chi connectivity index (χ2v) is 3.85. The molecule has 0 aliphatic rings. The Balaban J connectivity index is 2.25. The van der Waals surface area contributed by atoms with Gasteiger partial charge in [-0.1, -0.05) is 13.0 Å². The van der Waals surface area contributed by atoms with Crippen LogP contribution in [0.5, 0.6) is 0 Å². The van der Waals surface area contributed by atoms with Gasteiger partial charge < -0.3 is 10.7 Å². The minimum Gasteiger partial charge on any atom is -0.370 e. The third-order valence-corrected chi connectivity index (χ3v) is 2.61. The van der Waals surface area contributed by atoms with Gasteiger partial charge in [0.15, 0.2) is 0 Å². The van der Waals surface area contributed by atoms with E-state index in [4.69, 9.17) is 5.73 Å². The van der Waals surface area contributed by atoms with Gasteiger partial charge in [0.25, 0.3) is 0 Å². The van der Waals surface area contributed by atoms with E-state index in [9.17, 15) is 4.79 Å². The van der Waals surface area contributed by atoms with Gasteiger partial charge in [0.05, 0.1) is 11.0 Å². The molecule has 0 aliphatic carbocycles. The van der Waals surface area contributed by atoms with Crippen molar-refractivity contribution in [1.82, 2.24) is 9.97 Å². The Kier molecular flexibility index (Phi) is 2.90. The number of carbonyl (C=O) groups excluding carboxylic acids is 1. The largest absolute Gasteiger partial charge is 0.370 e. The summed E-state index contributed by atoms with van der Waals surface area (Å²) < 4.78 is 0. The number of aromatic amines is 1. The summed E-state index contributed by atoms with van der Waals surface area (Å²) >= 11 is 0. The Morgan fingerprint density at radius 1 is 1.50 bits per heavy atom. The molecule has 1 aromatic carbocycles. The van der Waals surface area contributed by atoms with Crippen LogP contribution in [0.1, 0.15) is 24.7 Å². The first-order valence-corrected chi connectivity index (χ1v) is 5.45. The standard InChI is InChI=1S/C12H15N3O/c1-2-8-3-4-9-10(7-8)15-12(14-9)6-5-11(13)16/h3-4,7H,2,5-6H2,1H3,(H2,13,16)(H,14,15). The highest BCUT2D eigenvalue weighted by molar-refractivity contribution is 5.76. The summed E-state index contributed by atoms with van der Waals surface area (Å²) in [5, 5.41) is 0. The summed E-state index contributed by atoms with van der Waals surface area (Å²) in [4.78, 5) is 18.3. The maximum absolute atomic E-state index is 10.7. The second-order valence-electron chi connectivity index (χ2n) is 3.85. The summed E-state index contributed by atoms with van der Waals surface area (Å²) in [6.07, 6.45) is 1.91. The van der Waals surface area contributed by atoms with Crippen LogP contribution in [0.3, 0.4) is 0 Å². The lowest BCUT2D eigenvalue weighted by Crippen LogP contribution is -2.11. The van der Waals surface area contributed by atoms with Crippen molar-refractivity contribution in [2.24, 2.45) is 5.73 Å². The Morgan fingerprint density at radius 3 is 3.00 bits per heavy atom. The molecule has 84 valence electrons. The normalized spacial score (nSPS) is 10.8. The topological polar surface area (TPSA) is 71.8 Å². The molecule has 0 radical (unpaired) electrons. The Hall–Kier alpha value is -1.84. The number of aromatic nitrogens is 2. The van der Waals surface area contributed by atoms with E-state index < -0.39 is 0 Å². The minimum atomic E-state index is -0.297. The van der Waals surface area contributed by atoms with E-state index in [0.717, 1.165) is 23.3 Å². The number of nitrogens with one attached hydrogen (secondary N) is 1. The Morgan fingerprint density at radius 2 is 2.31 bits per heavy atom. The quantitative estimate of drug-likeness (QED) is 0.815. The van der Waals surface area contributed by atoms with Crippen LogP contribution in [-0.4, -0.2) is 15.9 Å². The van der Waals surface area contributed by atoms with E-state index >= 15 is 0 Å². The number of primary amides is 1. The van der Waals surface area contributed by atoms with Crippen LogP contribution in [0.15, 0.2) is 18.2 Å². The van der Waals surface area contributed by atoms with Gasteiger partial charge in [-0.2, -0.15) is 0 Å². The number of imidazole rings is 1. The number of fused-ring (bicyclic) bond motifs is 1. The van der Waals surface area contributed by atoms with E-state index in [2.05, 4.69) is 29.0 Å². The Bertz CT molecular complexity index is 516. The number of nitrogens with two attached hydrogens (primary N) is 1. The lowest BCUT2D eigenvalue weighted by molar-refractivity contribution is -0.118. The summed E-state index contributed by atoms with van der Waals surface area (Å²) in [6, 6.07) is 6.16. The van der Waals surface area contributed by atoms with Crippen molar-refractivity contribution in [3.63, 3.8) is 0 Å². The summed E-state index contributed by atoms with van der Waals surface area (Å²) in [5.74, 6) is 0.525. The van der Waals surface area contributed by atoms with Crippen LogP contribution in [-0.2, 0) is 17.6 Å². The molecule has 0 bridgehead atoms. The number of benzene rings is 1. The molecule has 0 saturated heterocycles. The van der Waals surface area contributed by atoms with Crippen LogP contribution in [0, 0.1) is 0 Å². The monoisotopic (exact) mass is 217 g/mol. The molecule has 1 heterocycles. The molecule has 0 spiro atoms. The molecule has 3 N–H and O–H groups in total. The molecular weight excluding hydrogens is 202 g/mol. The zero-order valence-electron chi connectivity index (χ0n) is 9.29. The van der Waals surface area contributed by atoms with Gasteiger partial charge in [0.2, 0.25) is 5.91 Å². The fourth-order valence-corrected chi connectivity index (χ4v) is 1.69. The van der Waals surface area contributed by atoms with Gasteiger partial charge in [-0.25, -0.2) is 4.98 Å². The lowest BCUT2D eigenvalue weighted by Gasteiger charge is -1.94. The maximum Gasteiger partial charge on any atom is 0.217 e. The molecular formula is C12H15N3O. The summed E-state index contributed by atoms with van der Waals surface area (Å²) in [6.45, 7) is 2.12. The van der Waals surface area contributed by atoms with E-state index in [1.807, 2.05) is 6.07 Å². The summed E-state index contributed by atoms with van der Waals surface area (Å²) in [7, 11) is 0. The van der Waals surface area contributed by atoms with Gasteiger partial charge >= 0.3 is 0 Å². The molecule has 0 aliphatic heterocycles. The molecule has 4 nitrogen and oxygen atoms in total. The lowest BCUT2D eigenvalue weighted by atomic mass is 10.1. The number of hydrogen-bond donors (Lipinski definition) is 2. The van der Waals surface area contributed by atoms with Crippen LogP contribution in [0.25, 0.3) is 11.0 Å². The molecule has 2 rings (SSSR count). The van der Waals surface area contributed by atoms with Gasteiger partial charge in [0.1, 0.15) is 5.82 Å². The zero-order valence-corrected chi connectivity index (χ0v) is 9.29. The molecule has 16 heavy (non-hydrogen) atoms. The first kappa shape index (κ1) is 10.7. The van der Waals surface area contributed by atoms with E-state index in [-0.39, 0.29) is 5.91 Å². The predicted molar refractivity (Wildman–Crippen MR) is 63.0 cm³/mol. The highest BCUT2D eigenvalue weighted by Crippen LogP contribution is 2.14. The number of rotatable bonds is 4. The predicted octanol–water partition coefficient (Wildman–Crippen LogP) is 1.54. The second kappa shape index (κ2) is 4.35. The van der Waals surface area contributed by atoms with E-state index in [1.165, 1.54) is 5.56 Å². The third-order valence-electron chi connectivity index (χ3n) is 2.61. The number of hydrogen-bond acceptors (Lipinski definition) is 2. The van der Waals surface area contributed by atoms with Gasteiger partial charge in [-0.3, -0.25) is 4.79 Å². The smallest absolute Gasteiger partial charge is 0.217 e. The van der Waals surface area contributed by atoms with Crippen molar-refractivity contribution in [3.05, 3.63) is 29.6 Å². The summed E-state index contributed by atoms with van der Waals surface area (Å²) in [5.41, 5.74) is 8.34. The molecule has 1 aromatic heterocycles. The van der Waals surface area contributed by atoms with Crippen molar-refractivity contribution < 1.29 is 4.79 Å². The minimum absolute atomic E-state index is 0.297. The van der Waals surface area contributed by atoms with Gasteiger partial charge in [-0.05, 0) is 24.1 Å². The third kappa shape index (κ3) is 2.21. The number of nitrogens with zero attached hydrogens (tertiary/aromatic N) is 1. The number of amides is 1. The van der Waals surface area contributed by atoms with Crippen LogP contribution in [0.2, 0.25) is 0 Å². The highest BCUT2D eigenvalue weighted by atomic mass is 16.1. The first-order valence-electron chi connectivity index (χ1n) is 5.45. The number of aryl methyl sites for hydroxylation is 2. The molecule has 0 fully saturated rings. The molecule has 1 amide bonds. The van der Waals surface area contributed by atoms with E-state index in [0.29, 0.717) is 12.8 Å². The number of carbonyl (C=O) groups is 1. The molecule has 2 aromatic rings. The van der Waals surface area contributed by atoms with Gasteiger partial charge in [0, 0.05) is 12.8 Å². The van der Waals surface area contributed by atoms with Crippen molar-refractivity contribution in [2.75, 3.05) is 0 Å². The van der Waals surface area contributed by atoms with Crippen molar-refractivity contribution in [1.29, 1.82) is 0 Å². The van der Waals surface area contributed by atoms with Crippen molar-refractivity contribution in [2.45, 2.75) is 26.2 Å². The Labute approximate surface area is 93.9 Å². The average molecular weight is 217 g/mol. The van der Waals surface area contributed by atoms with Gasteiger partial charge in [-0.15, -0.1) is 0 Å². The first-order chi connectivity index (χ1) is 7.69. The van der Waals surface area contributed by atoms with Crippen molar-refractivity contribution >= 4 is 16.9 Å². The SMILES string of the molecule is CCc1ccc2nc(CCC(N)=O)[nH]c2c1. The zero-order chi connectivity index (χ0) is 11.5. The highest BCUT2D eigenvalue weighted by Gasteiger charge is 2.04. The van der Waals surface area contributed by atoms with E-state index in [1.54, 1.807) is 0 Å². The molecule has 0 saturated carbocycles. The van der Waals surface area contributed by atoms with Crippen LogP contribution >= 0.6 is 0 Å². The van der Waals surface area contributed by atoms with Crippen LogP contribution in [0.4, 0.5) is 0 Å². The molecule has 4 heteroatoms. The molecule has 0 unspecified atom stereocenters. The fourth-order valence-electron chi connectivity index (χ4n) is 1.69. The van der Waals surface area contributed by atoms with Crippen LogP contribution < -0.4 is 5.73 Å². The number of H-pyrrole nitrogens is 1. The maximum atomic E-state index is 10.7. The average Bonchev–Trinajstić information content (AvgIpc) is 2.67. The fraction of sp³-hybridized carbons (Fsp3) is 0.333. The molecule has 0 atom stereocenters. The van der Waals surface area contributed by atoms with Crippen molar-refractivity contribution in [3.8, 4) is 0 Å².